The van der Waals surface area contributed by atoms with Crippen molar-refractivity contribution in [3.63, 3.8) is 0 Å². The van der Waals surface area contributed by atoms with Gasteiger partial charge in [-0.2, -0.15) is 0 Å². The second-order valence-electron chi connectivity index (χ2n) is 12.3. The minimum absolute atomic E-state index is 0.0922. The highest BCUT2D eigenvalue weighted by molar-refractivity contribution is 7.96. The molecular weight excluding hydrogens is 635 g/mol. The molecule has 0 bridgehead atoms. The van der Waals surface area contributed by atoms with E-state index < -0.39 is 36.8 Å². The highest BCUT2D eigenvalue weighted by atomic mass is 31.2. The molecular formula is C40H41N2O6P. The van der Waals surface area contributed by atoms with E-state index >= 15 is 0 Å². The van der Waals surface area contributed by atoms with E-state index in [1.807, 2.05) is 105 Å². The molecule has 1 saturated heterocycles. The minimum Gasteiger partial charge on any atom is -0.457 e. The number of hydrogen-bond donors (Lipinski definition) is 2. The number of rotatable bonds is 13. The van der Waals surface area contributed by atoms with E-state index in [0.717, 1.165) is 15.9 Å². The molecule has 3 unspecified atom stereocenters. The maximum Gasteiger partial charge on any atom is 0.356 e. The topological polar surface area (TPSA) is 113 Å². The molecule has 2 N–H and O–H groups in total. The van der Waals surface area contributed by atoms with E-state index in [4.69, 9.17) is 4.74 Å². The van der Waals surface area contributed by atoms with Gasteiger partial charge in [0.2, 0.25) is 5.91 Å². The van der Waals surface area contributed by atoms with Gasteiger partial charge in [-0.1, -0.05) is 116 Å². The lowest BCUT2D eigenvalue weighted by Gasteiger charge is -2.50. The second kappa shape index (κ2) is 15.5. The number of hydrogen-bond acceptors (Lipinski definition) is 6. The van der Waals surface area contributed by atoms with Crippen LogP contribution >= 0.6 is 6.89 Å². The summed E-state index contributed by atoms with van der Waals surface area (Å²) < 4.78 is 5.78. The quantitative estimate of drug-likeness (QED) is 0.0712. The van der Waals surface area contributed by atoms with Crippen LogP contribution in [0, 0.1) is 5.92 Å². The number of ketones is 1. The Labute approximate surface area is 287 Å². The molecule has 0 aliphatic carbocycles. The number of β-lactam (4-membered cyclic amide) rings is 1. The number of amides is 2. The molecule has 9 heteroatoms. The molecule has 0 aromatic heterocycles. The van der Waals surface area contributed by atoms with Crippen molar-refractivity contribution >= 4 is 51.8 Å². The number of Topliss-reactive ketones (excluding diaryl/α,β-unsaturated/α-hetero) is 1. The zero-order valence-electron chi connectivity index (χ0n) is 27.9. The summed E-state index contributed by atoms with van der Waals surface area (Å²) in [6.45, 7) is 5.63. The summed E-state index contributed by atoms with van der Waals surface area (Å²) in [7, 11) is 0. The van der Waals surface area contributed by atoms with Crippen LogP contribution in [0.1, 0.15) is 47.9 Å². The van der Waals surface area contributed by atoms with E-state index in [1.165, 1.54) is 24.0 Å². The lowest BCUT2D eigenvalue weighted by atomic mass is 9.79. The van der Waals surface area contributed by atoms with Crippen LogP contribution in [-0.2, 0) is 14.3 Å². The Bertz CT molecular complexity index is 1790. The highest BCUT2D eigenvalue weighted by Crippen LogP contribution is 2.50. The molecule has 1 fully saturated rings. The Morgan fingerprint density at radius 2 is 1.35 bits per heavy atom. The van der Waals surface area contributed by atoms with E-state index in [-0.39, 0.29) is 41.7 Å². The standard InChI is InChI=1S/C40H41N2O6P/c1-5-24-48-40(47)39(49(31-18-9-6-10-19-31,32-20-11-7-12-21-32)33-22-13-8-14-23-33)42-34(36(28(4)43)38(42)46)26-35(44)29-16-15-17-30(25-29)37(45)41-27(2)3/h5-23,25,27-28,34,36,43H,1,24,26H2,2-4H3,(H,41,45). The number of likely N-dealkylation sites (tertiary alicyclic amines) is 1. The van der Waals surface area contributed by atoms with Crippen LogP contribution < -0.4 is 21.2 Å². The van der Waals surface area contributed by atoms with Gasteiger partial charge in [-0.05, 0) is 48.8 Å². The van der Waals surface area contributed by atoms with Gasteiger partial charge in [0.05, 0.1) is 18.1 Å². The van der Waals surface area contributed by atoms with Crippen LogP contribution in [0.2, 0.25) is 0 Å². The average Bonchev–Trinajstić information content (AvgIpc) is 3.11. The number of carbonyl (C=O) groups excluding carboxylic acids is 4. The Morgan fingerprint density at radius 3 is 1.82 bits per heavy atom. The molecule has 1 aliphatic heterocycles. The summed E-state index contributed by atoms with van der Waals surface area (Å²) in [6.07, 6.45) is 0.157. The number of carbonyl (C=O) groups is 4. The van der Waals surface area contributed by atoms with Gasteiger partial charge >= 0.3 is 5.97 Å². The lowest BCUT2D eigenvalue weighted by molar-refractivity contribution is -0.157. The van der Waals surface area contributed by atoms with E-state index in [9.17, 15) is 24.3 Å². The largest absolute Gasteiger partial charge is 0.457 e. The van der Waals surface area contributed by atoms with Crippen molar-refractivity contribution in [1.82, 2.24) is 10.2 Å². The molecule has 8 nitrogen and oxygen atoms in total. The van der Waals surface area contributed by atoms with Gasteiger partial charge in [0, 0.05) is 30.5 Å². The van der Waals surface area contributed by atoms with Crippen LogP contribution in [0.5, 0.6) is 0 Å². The predicted molar refractivity (Wildman–Crippen MR) is 195 cm³/mol. The van der Waals surface area contributed by atoms with Crippen molar-refractivity contribution in [2.45, 2.75) is 45.4 Å². The first-order chi connectivity index (χ1) is 23.6. The van der Waals surface area contributed by atoms with E-state index in [1.54, 1.807) is 18.2 Å². The van der Waals surface area contributed by atoms with Gasteiger partial charge in [0.25, 0.3) is 5.91 Å². The van der Waals surface area contributed by atoms with Gasteiger partial charge in [0.15, 0.2) is 5.78 Å². The van der Waals surface area contributed by atoms with Crippen molar-refractivity contribution in [2.75, 3.05) is 6.61 Å². The molecule has 5 rings (SSSR count). The summed E-state index contributed by atoms with van der Waals surface area (Å²) >= 11 is 0. The summed E-state index contributed by atoms with van der Waals surface area (Å²) in [5.74, 6) is -2.80. The predicted octanol–water partition coefficient (Wildman–Crippen LogP) is 4.46. The van der Waals surface area contributed by atoms with E-state index in [0.29, 0.717) is 5.56 Å². The number of nitrogens with zero attached hydrogens (tertiary/aromatic N) is 1. The lowest BCUT2D eigenvalue weighted by Crippen LogP contribution is -2.68. The Morgan fingerprint density at radius 1 is 0.837 bits per heavy atom. The number of esters is 1. The third-order valence-electron chi connectivity index (χ3n) is 8.54. The molecule has 4 aromatic rings. The summed E-state index contributed by atoms with van der Waals surface area (Å²) in [4.78, 5) is 57.0. The third kappa shape index (κ3) is 7.07. The first kappa shape index (κ1) is 35.3. The fraction of sp³-hybridized carbons (Fsp3) is 0.225. The zero-order chi connectivity index (χ0) is 35.1. The van der Waals surface area contributed by atoms with Gasteiger partial charge in [-0.15, -0.1) is 0 Å². The molecule has 2 amide bonds. The number of aliphatic hydroxyl groups excluding tert-OH is 1. The number of benzene rings is 4. The summed E-state index contributed by atoms with van der Waals surface area (Å²) in [5.41, 5.74) is 0.726. The average molecular weight is 677 g/mol. The van der Waals surface area contributed by atoms with Crippen LogP contribution in [0.15, 0.2) is 128 Å². The normalized spacial score (nSPS) is 16.3. The molecule has 0 spiro atoms. The fourth-order valence-corrected chi connectivity index (χ4v) is 10.8. The Balaban J connectivity index is 1.77. The minimum atomic E-state index is -3.20. The van der Waals surface area contributed by atoms with E-state index in [2.05, 4.69) is 11.9 Å². The van der Waals surface area contributed by atoms with Crippen LogP contribution in [0.4, 0.5) is 0 Å². The SMILES string of the molecule is C=CCOC(=O)C(N1C(=O)C(C(C)O)C1CC(=O)c1cccc(C(=O)NC(C)C)c1)=P(c1ccccc1)(c1ccccc1)c1ccccc1. The van der Waals surface area contributed by atoms with Crippen LogP contribution in [-0.4, -0.2) is 63.8 Å². The molecule has 252 valence electrons. The number of nitrogens with one attached hydrogen (secondary N) is 1. The Kier molecular flexibility index (Phi) is 11.1. The second-order valence-corrected chi connectivity index (χ2v) is 15.6. The van der Waals surface area contributed by atoms with Crippen molar-refractivity contribution in [3.05, 3.63) is 139 Å². The van der Waals surface area contributed by atoms with Crippen molar-refractivity contribution in [3.8, 4) is 0 Å². The van der Waals surface area contributed by atoms with Gasteiger partial charge in [0.1, 0.15) is 12.0 Å². The fourth-order valence-electron chi connectivity index (χ4n) is 6.43. The molecule has 1 aliphatic rings. The number of ether oxygens (including phenoxy) is 1. The maximum absolute atomic E-state index is 14.6. The smallest absolute Gasteiger partial charge is 0.356 e. The summed E-state index contributed by atoms with van der Waals surface area (Å²) in [5, 5.41) is 16.1. The van der Waals surface area contributed by atoms with Crippen molar-refractivity contribution < 1.29 is 29.0 Å². The molecule has 0 saturated carbocycles. The van der Waals surface area contributed by atoms with Crippen molar-refractivity contribution in [2.24, 2.45) is 5.92 Å². The van der Waals surface area contributed by atoms with Crippen molar-refractivity contribution in [1.29, 1.82) is 0 Å². The first-order valence-electron chi connectivity index (χ1n) is 16.3. The molecule has 4 aromatic carbocycles. The Hall–Kier alpha value is -5.04. The van der Waals surface area contributed by atoms with Gasteiger partial charge in [-0.3, -0.25) is 14.4 Å². The monoisotopic (exact) mass is 676 g/mol. The number of aliphatic hydroxyl groups is 1. The summed E-state index contributed by atoms with van der Waals surface area (Å²) in [6, 6.07) is 34.1. The third-order valence-corrected chi connectivity index (χ3v) is 12.8. The first-order valence-corrected chi connectivity index (χ1v) is 18.1. The molecule has 49 heavy (non-hydrogen) atoms. The van der Waals surface area contributed by atoms with Gasteiger partial charge < -0.3 is 20.1 Å². The van der Waals surface area contributed by atoms with Crippen LogP contribution in [0.25, 0.3) is 0 Å². The zero-order valence-corrected chi connectivity index (χ0v) is 28.8. The molecule has 3 atom stereocenters. The molecule has 1 heterocycles. The van der Waals surface area contributed by atoms with Gasteiger partial charge in [-0.25, -0.2) is 4.79 Å². The molecule has 0 radical (unpaired) electrons. The highest BCUT2D eigenvalue weighted by Gasteiger charge is 2.55. The maximum atomic E-state index is 14.6. The van der Waals surface area contributed by atoms with Crippen LogP contribution in [0.3, 0.4) is 0 Å².